The number of amides is 1. The summed E-state index contributed by atoms with van der Waals surface area (Å²) in [5, 5.41) is 5.97. The molecule has 0 fully saturated rings. The van der Waals surface area contributed by atoms with Crippen molar-refractivity contribution in [2.24, 2.45) is 0 Å². The van der Waals surface area contributed by atoms with Gasteiger partial charge in [-0.2, -0.15) is 0 Å². The molecule has 0 saturated heterocycles. The molecule has 19 heavy (non-hydrogen) atoms. The van der Waals surface area contributed by atoms with Gasteiger partial charge in [0.1, 0.15) is 5.82 Å². The molecule has 1 aromatic rings. The lowest BCUT2D eigenvalue weighted by molar-refractivity contribution is -0.121. The van der Waals surface area contributed by atoms with Crippen molar-refractivity contribution >= 4 is 34.8 Å². The topological polar surface area (TPSA) is 41.1 Å². The van der Waals surface area contributed by atoms with Gasteiger partial charge in [-0.05, 0) is 32.4 Å². The summed E-state index contributed by atoms with van der Waals surface area (Å²) in [6.07, 6.45) is 0.816. The number of carbonyl (C=O) groups excluding carboxylic acids is 1. The summed E-state index contributed by atoms with van der Waals surface area (Å²) in [7, 11) is 0. The maximum Gasteiger partial charge on any atom is 0.239 e. The van der Waals surface area contributed by atoms with Crippen molar-refractivity contribution in [3.05, 3.63) is 28.0 Å². The second kappa shape index (κ2) is 6.44. The lowest BCUT2D eigenvalue weighted by Gasteiger charge is -2.24. The number of anilines is 1. The minimum absolute atomic E-state index is 0.0223. The Kier molecular flexibility index (Phi) is 5.44. The highest BCUT2D eigenvalue weighted by molar-refractivity contribution is 6.39. The lowest BCUT2D eigenvalue weighted by atomic mass is 10.0. The second-order valence-electron chi connectivity index (χ2n) is 4.88. The number of rotatable bonds is 5. The molecule has 2 N–H and O–H groups in total. The quantitative estimate of drug-likeness (QED) is 0.867. The van der Waals surface area contributed by atoms with Gasteiger partial charge in [-0.15, -0.1) is 0 Å². The predicted molar refractivity (Wildman–Crippen MR) is 77.4 cm³/mol. The van der Waals surface area contributed by atoms with Gasteiger partial charge >= 0.3 is 0 Å². The Morgan fingerprint density at radius 2 is 1.84 bits per heavy atom. The second-order valence-corrected chi connectivity index (χ2v) is 5.70. The zero-order valence-corrected chi connectivity index (χ0v) is 12.6. The molecule has 0 bridgehead atoms. The van der Waals surface area contributed by atoms with Crippen LogP contribution in [0, 0.1) is 5.82 Å². The molecule has 0 atom stereocenters. The summed E-state index contributed by atoms with van der Waals surface area (Å²) in [5.74, 6) is -0.694. The molecule has 1 rings (SSSR count). The number of hydrogen-bond acceptors (Lipinski definition) is 2. The van der Waals surface area contributed by atoms with Crippen molar-refractivity contribution in [3.63, 3.8) is 0 Å². The van der Waals surface area contributed by atoms with Crippen molar-refractivity contribution in [1.82, 2.24) is 5.32 Å². The van der Waals surface area contributed by atoms with Gasteiger partial charge in [0.25, 0.3) is 0 Å². The molecule has 0 spiro atoms. The highest BCUT2D eigenvalue weighted by Gasteiger charge is 2.18. The highest BCUT2D eigenvalue weighted by atomic mass is 35.5. The number of hydrogen-bond donors (Lipinski definition) is 2. The molecule has 0 unspecified atom stereocenters. The van der Waals surface area contributed by atoms with Gasteiger partial charge in [0.15, 0.2) is 0 Å². The van der Waals surface area contributed by atoms with Crippen molar-refractivity contribution in [3.8, 4) is 0 Å². The molecule has 0 radical (unpaired) electrons. The van der Waals surface area contributed by atoms with E-state index in [0.717, 1.165) is 18.6 Å². The molecular weight excluding hydrogens is 290 g/mol. The van der Waals surface area contributed by atoms with Gasteiger partial charge in [0, 0.05) is 5.54 Å². The lowest BCUT2D eigenvalue weighted by Crippen LogP contribution is -2.45. The molecule has 6 heteroatoms. The highest BCUT2D eigenvalue weighted by Crippen LogP contribution is 2.31. The van der Waals surface area contributed by atoms with Gasteiger partial charge in [-0.1, -0.05) is 30.1 Å². The Bertz CT molecular complexity index is 455. The first-order chi connectivity index (χ1) is 8.75. The van der Waals surface area contributed by atoms with Crippen molar-refractivity contribution < 1.29 is 9.18 Å². The Hall–Kier alpha value is -1.00. The molecule has 0 aromatic heterocycles. The fourth-order valence-electron chi connectivity index (χ4n) is 1.39. The largest absolute Gasteiger partial charge is 0.374 e. The van der Waals surface area contributed by atoms with Gasteiger partial charge in [0.2, 0.25) is 5.91 Å². The van der Waals surface area contributed by atoms with Crippen molar-refractivity contribution in [2.45, 2.75) is 32.7 Å². The van der Waals surface area contributed by atoms with E-state index in [0.29, 0.717) is 5.69 Å². The van der Waals surface area contributed by atoms with Crippen LogP contribution in [-0.4, -0.2) is 18.0 Å². The van der Waals surface area contributed by atoms with Crippen molar-refractivity contribution in [2.75, 3.05) is 11.9 Å². The summed E-state index contributed by atoms with van der Waals surface area (Å²) in [6, 6.07) is 2.29. The molecule has 0 aliphatic heterocycles. The van der Waals surface area contributed by atoms with Gasteiger partial charge in [-0.25, -0.2) is 4.39 Å². The van der Waals surface area contributed by atoms with Gasteiger partial charge in [0.05, 0.1) is 22.3 Å². The average molecular weight is 307 g/mol. The number of halogens is 3. The van der Waals surface area contributed by atoms with E-state index in [-0.39, 0.29) is 28.0 Å². The van der Waals surface area contributed by atoms with Crippen LogP contribution in [0.5, 0.6) is 0 Å². The third-order valence-corrected chi connectivity index (χ3v) is 3.39. The smallest absolute Gasteiger partial charge is 0.239 e. The summed E-state index contributed by atoms with van der Waals surface area (Å²) in [4.78, 5) is 11.7. The molecule has 0 saturated carbocycles. The van der Waals surface area contributed by atoms with E-state index in [1.807, 2.05) is 20.8 Å². The molecule has 0 heterocycles. The summed E-state index contributed by atoms with van der Waals surface area (Å²) in [6.45, 7) is 5.88. The van der Waals surface area contributed by atoms with E-state index in [2.05, 4.69) is 10.6 Å². The van der Waals surface area contributed by atoms with Crippen LogP contribution in [0.2, 0.25) is 10.0 Å². The maximum atomic E-state index is 13.0. The van der Waals surface area contributed by atoms with Crippen LogP contribution in [0.25, 0.3) is 0 Å². The van der Waals surface area contributed by atoms with Crippen LogP contribution in [0.3, 0.4) is 0 Å². The predicted octanol–water partition coefficient (Wildman–Crippen LogP) is 3.85. The van der Waals surface area contributed by atoms with Crippen molar-refractivity contribution in [1.29, 1.82) is 0 Å². The third kappa shape index (κ3) is 4.88. The molecule has 0 aliphatic rings. The van der Waals surface area contributed by atoms with E-state index >= 15 is 0 Å². The molecule has 1 amide bonds. The molecule has 106 valence electrons. The SMILES string of the molecule is CCC(C)(C)NC(=O)CNc1c(Cl)cc(F)cc1Cl. The summed E-state index contributed by atoms with van der Waals surface area (Å²) < 4.78 is 13.0. The standard InChI is InChI=1S/C13H17Cl2FN2O/c1-4-13(2,3)18-11(19)7-17-12-9(14)5-8(16)6-10(12)15/h5-6,17H,4,7H2,1-3H3,(H,18,19). The van der Waals surface area contributed by atoms with Crippen LogP contribution in [0.1, 0.15) is 27.2 Å². The summed E-state index contributed by atoms with van der Waals surface area (Å²) >= 11 is 11.7. The number of carbonyl (C=O) groups is 1. The minimum Gasteiger partial charge on any atom is -0.374 e. The Morgan fingerprint density at radius 1 is 1.32 bits per heavy atom. The number of nitrogens with one attached hydrogen (secondary N) is 2. The van der Waals surface area contributed by atoms with Crippen LogP contribution < -0.4 is 10.6 Å². The monoisotopic (exact) mass is 306 g/mol. The normalized spacial score (nSPS) is 11.3. The fraction of sp³-hybridized carbons (Fsp3) is 0.462. The molecular formula is C13H17Cl2FN2O. The minimum atomic E-state index is -0.517. The molecule has 1 aromatic carbocycles. The molecule has 3 nitrogen and oxygen atoms in total. The van der Waals surface area contributed by atoms with E-state index < -0.39 is 5.82 Å². The van der Waals surface area contributed by atoms with E-state index in [9.17, 15) is 9.18 Å². The zero-order chi connectivity index (χ0) is 14.6. The van der Waals surface area contributed by atoms with Crippen LogP contribution in [0.15, 0.2) is 12.1 Å². The first-order valence-corrected chi connectivity index (χ1v) is 6.70. The Labute approximate surface area is 122 Å². The van der Waals surface area contributed by atoms with Crippen LogP contribution in [0.4, 0.5) is 10.1 Å². The van der Waals surface area contributed by atoms with E-state index in [4.69, 9.17) is 23.2 Å². The summed E-state index contributed by atoms with van der Waals surface area (Å²) in [5.41, 5.74) is 0.0870. The Balaban J connectivity index is 2.65. The molecule has 0 aliphatic carbocycles. The first kappa shape index (κ1) is 16.1. The van der Waals surface area contributed by atoms with Crippen LogP contribution >= 0.6 is 23.2 Å². The third-order valence-electron chi connectivity index (χ3n) is 2.79. The van der Waals surface area contributed by atoms with Gasteiger partial charge in [-0.3, -0.25) is 4.79 Å². The van der Waals surface area contributed by atoms with E-state index in [1.54, 1.807) is 0 Å². The fourth-order valence-corrected chi connectivity index (χ4v) is 1.98. The number of benzene rings is 1. The maximum absolute atomic E-state index is 13.0. The average Bonchev–Trinajstić information content (AvgIpc) is 2.26. The van der Waals surface area contributed by atoms with E-state index in [1.165, 1.54) is 0 Å². The first-order valence-electron chi connectivity index (χ1n) is 5.94. The van der Waals surface area contributed by atoms with Gasteiger partial charge < -0.3 is 10.6 Å². The zero-order valence-electron chi connectivity index (χ0n) is 11.1. The van der Waals surface area contributed by atoms with Crippen LogP contribution in [-0.2, 0) is 4.79 Å². The Morgan fingerprint density at radius 3 is 2.32 bits per heavy atom.